The molecule has 0 aromatic heterocycles. The number of hydrogen-bond donors (Lipinski definition) is 0. The van der Waals surface area contributed by atoms with Crippen LogP contribution in [-0.2, 0) is 0 Å². The van der Waals surface area contributed by atoms with E-state index < -0.39 is 0 Å². The zero-order valence-electron chi connectivity index (χ0n) is 7.57. The van der Waals surface area contributed by atoms with Crippen LogP contribution in [0.1, 0.15) is 33.6 Å². The third-order valence-corrected chi connectivity index (χ3v) is 1.13. The quantitative estimate of drug-likeness (QED) is 0.556. The Bertz CT molecular complexity index is 31.5. The molecule has 0 atom stereocenters. The van der Waals surface area contributed by atoms with Crippen LogP contribution in [0.15, 0.2) is 0 Å². The molecule has 0 aliphatic rings. The lowest BCUT2D eigenvalue weighted by molar-refractivity contribution is 0.434. The lowest BCUT2D eigenvalue weighted by Gasteiger charge is -2.00. The highest BCUT2D eigenvalue weighted by Gasteiger charge is 1.72. The van der Waals surface area contributed by atoms with E-state index in [2.05, 4.69) is 39.8 Å². The van der Waals surface area contributed by atoms with Crippen LogP contribution in [-0.4, -0.2) is 25.5 Å². The molecule has 0 unspecified atom stereocenters. The van der Waals surface area contributed by atoms with E-state index in [0.29, 0.717) is 0 Å². The minimum absolute atomic E-state index is 1.14. The maximum Gasteiger partial charge on any atom is -0.00533 e. The van der Waals surface area contributed by atoms with E-state index in [1.54, 1.807) is 0 Å². The molecule has 0 radical (unpaired) electrons. The third kappa shape index (κ3) is 32.3. The fourth-order valence-corrected chi connectivity index (χ4v) is 0. The first-order valence-electron chi connectivity index (χ1n) is 3.83. The fraction of sp³-hybridized carbons (Fsp3) is 1.00. The number of hydrogen-bond acceptors (Lipinski definition) is 1. The van der Waals surface area contributed by atoms with Gasteiger partial charge in [-0.1, -0.05) is 33.6 Å². The molecule has 0 spiro atoms. The number of unbranched alkanes of at least 4 members (excludes halogenated alkanes) is 1. The van der Waals surface area contributed by atoms with Crippen molar-refractivity contribution in [1.29, 1.82) is 0 Å². The van der Waals surface area contributed by atoms with E-state index in [9.17, 15) is 0 Å². The molecule has 58 valence electrons. The van der Waals surface area contributed by atoms with Crippen LogP contribution in [0.3, 0.4) is 0 Å². The predicted molar refractivity (Wildman–Crippen MR) is 44.8 cm³/mol. The molecule has 0 bridgehead atoms. The first-order chi connectivity index (χ1) is 4.18. The van der Waals surface area contributed by atoms with E-state index in [4.69, 9.17) is 0 Å². The van der Waals surface area contributed by atoms with Gasteiger partial charge in [0.05, 0.1) is 0 Å². The zero-order chi connectivity index (χ0) is 7.70. The molecule has 0 saturated carbocycles. The molecule has 0 saturated heterocycles. The predicted octanol–water partition coefficient (Wildman–Crippen LogP) is 2.37. The topological polar surface area (TPSA) is 3.24 Å². The van der Waals surface area contributed by atoms with Gasteiger partial charge in [-0.2, -0.15) is 0 Å². The summed E-state index contributed by atoms with van der Waals surface area (Å²) < 4.78 is 0. The van der Waals surface area contributed by atoms with Crippen molar-refractivity contribution in [2.24, 2.45) is 0 Å². The second-order valence-electron chi connectivity index (χ2n) is 2.40. The number of rotatable bonds is 2. The Balaban J connectivity index is 0. The number of nitrogens with zero attached hydrogens (tertiary/aromatic N) is 1. The van der Waals surface area contributed by atoms with Crippen LogP contribution in [0.4, 0.5) is 0 Å². The van der Waals surface area contributed by atoms with Crippen molar-refractivity contribution in [2.45, 2.75) is 33.6 Å². The second-order valence-corrected chi connectivity index (χ2v) is 2.40. The molecule has 0 amide bonds. The highest BCUT2D eigenvalue weighted by atomic mass is 15.0. The van der Waals surface area contributed by atoms with Gasteiger partial charge in [0.25, 0.3) is 0 Å². The Kier molecular flexibility index (Phi) is 14.1. The summed E-state index contributed by atoms with van der Waals surface area (Å²) in [6.45, 7) is 7.62. The summed E-state index contributed by atoms with van der Waals surface area (Å²) in [5, 5.41) is 0. The van der Waals surface area contributed by atoms with Gasteiger partial charge in [0.1, 0.15) is 0 Å². The third-order valence-electron chi connectivity index (χ3n) is 1.13. The molecule has 0 N–H and O–H groups in total. The first-order valence-corrected chi connectivity index (χ1v) is 3.83. The summed E-state index contributed by atoms with van der Waals surface area (Å²) in [5.41, 5.74) is 0. The van der Waals surface area contributed by atoms with Crippen LogP contribution >= 0.6 is 0 Å². The minimum atomic E-state index is 1.14. The van der Waals surface area contributed by atoms with Gasteiger partial charge >= 0.3 is 0 Å². The molecule has 0 rings (SSSR count). The summed E-state index contributed by atoms with van der Waals surface area (Å²) in [6, 6.07) is 0. The van der Waals surface area contributed by atoms with Crippen LogP contribution < -0.4 is 0 Å². The van der Waals surface area contributed by atoms with Crippen molar-refractivity contribution >= 4 is 0 Å². The highest BCUT2D eigenvalue weighted by molar-refractivity contribution is 4.25. The summed E-state index contributed by atoms with van der Waals surface area (Å²) >= 11 is 0. The van der Waals surface area contributed by atoms with Gasteiger partial charge < -0.3 is 4.90 Å². The molecular weight excluding hydrogens is 110 g/mol. The van der Waals surface area contributed by atoms with Crippen molar-refractivity contribution in [3.8, 4) is 0 Å². The van der Waals surface area contributed by atoms with Gasteiger partial charge in [0.2, 0.25) is 0 Å². The summed E-state index contributed by atoms with van der Waals surface area (Å²) in [7, 11) is 4.11. The Labute approximate surface area is 60.1 Å². The monoisotopic (exact) mass is 131 g/mol. The van der Waals surface area contributed by atoms with Gasteiger partial charge in [0, 0.05) is 0 Å². The van der Waals surface area contributed by atoms with E-state index in [1.165, 1.54) is 12.8 Å². The smallest absolute Gasteiger partial charge is 0.00533 e. The minimum Gasteiger partial charge on any atom is -0.310 e. The lowest BCUT2D eigenvalue weighted by atomic mass is 10.4. The zero-order valence-corrected chi connectivity index (χ0v) is 7.57. The van der Waals surface area contributed by atoms with Crippen molar-refractivity contribution in [1.82, 2.24) is 4.90 Å². The molecule has 0 aromatic rings. The molecular formula is C8H21N. The maximum absolute atomic E-state index is 2.18. The Morgan fingerprint density at radius 1 is 0.889 bits per heavy atom. The Hall–Kier alpha value is -0.0400. The van der Waals surface area contributed by atoms with Crippen LogP contribution in [0.2, 0.25) is 0 Å². The molecule has 1 heteroatoms. The van der Waals surface area contributed by atoms with E-state index >= 15 is 0 Å². The molecule has 9 heavy (non-hydrogen) atoms. The van der Waals surface area contributed by atoms with Crippen molar-refractivity contribution in [3.63, 3.8) is 0 Å². The Morgan fingerprint density at radius 3 is 1.11 bits per heavy atom. The Morgan fingerprint density at radius 2 is 1.11 bits per heavy atom. The van der Waals surface area contributed by atoms with Crippen molar-refractivity contribution in [2.75, 3.05) is 20.6 Å². The second kappa shape index (κ2) is 10.9. The van der Waals surface area contributed by atoms with Crippen molar-refractivity contribution in [3.05, 3.63) is 0 Å². The van der Waals surface area contributed by atoms with Gasteiger partial charge in [0.15, 0.2) is 0 Å². The first kappa shape index (κ1) is 11.7. The summed E-state index contributed by atoms with van der Waals surface area (Å²) in [6.07, 6.45) is 2.64. The molecule has 1 nitrogen and oxygen atoms in total. The summed E-state index contributed by atoms with van der Waals surface area (Å²) in [4.78, 5) is 2.12. The van der Waals surface area contributed by atoms with E-state index in [1.807, 2.05) is 0 Å². The van der Waals surface area contributed by atoms with Crippen LogP contribution in [0.5, 0.6) is 0 Å². The largest absolute Gasteiger partial charge is 0.310 e. The lowest BCUT2D eigenvalue weighted by Crippen LogP contribution is -2.08. The summed E-state index contributed by atoms with van der Waals surface area (Å²) in [5.74, 6) is 0. The molecule has 0 heterocycles. The maximum atomic E-state index is 2.18. The molecule has 0 aliphatic heterocycles. The van der Waals surface area contributed by atoms with E-state index in [0.717, 1.165) is 6.54 Å². The van der Waals surface area contributed by atoms with Gasteiger partial charge in [-0.15, -0.1) is 0 Å². The van der Waals surface area contributed by atoms with Gasteiger partial charge in [-0.05, 0) is 20.6 Å². The normalized spacial score (nSPS) is 8.67. The fourth-order valence-electron chi connectivity index (χ4n) is 0. The standard InChI is InChI=1S/C4H11N.C4H10/c1-4-5(2)3;1-3-4-2/h4H2,1-3H3;3-4H2,1-2H3. The van der Waals surface area contributed by atoms with Gasteiger partial charge in [-0.25, -0.2) is 0 Å². The van der Waals surface area contributed by atoms with Gasteiger partial charge in [-0.3, -0.25) is 0 Å². The van der Waals surface area contributed by atoms with Crippen LogP contribution in [0.25, 0.3) is 0 Å². The van der Waals surface area contributed by atoms with Crippen molar-refractivity contribution < 1.29 is 0 Å². The van der Waals surface area contributed by atoms with E-state index in [-0.39, 0.29) is 0 Å². The molecule has 0 fully saturated rings. The SMILES string of the molecule is CCCC.CCN(C)C. The van der Waals surface area contributed by atoms with Crippen LogP contribution in [0, 0.1) is 0 Å². The molecule has 0 aliphatic carbocycles. The average Bonchev–Trinajstić information content (AvgIpc) is 1.89. The average molecular weight is 131 g/mol. The highest BCUT2D eigenvalue weighted by Crippen LogP contribution is 1.76. The molecule has 0 aromatic carbocycles.